The average Bonchev–Trinajstić information content (AvgIpc) is 2.24. The maximum atomic E-state index is 9.51. The van der Waals surface area contributed by atoms with Crippen LogP contribution in [0.2, 0.25) is 0 Å². The molecule has 0 amide bonds. The molecule has 15 heavy (non-hydrogen) atoms. The van der Waals surface area contributed by atoms with Crippen molar-refractivity contribution in [1.82, 2.24) is 5.32 Å². The van der Waals surface area contributed by atoms with E-state index in [9.17, 15) is 5.11 Å². The van der Waals surface area contributed by atoms with Gasteiger partial charge in [0.25, 0.3) is 0 Å². The van der Waals surface area contributed by atoms with Crippen molar-refractivity contribution in [1.29, 1.82) is 0 Å². The first-order valence-corrected chi connectivity index (χ1v) is 5.66. The molecule has 0 aromatic carbocycles. The lowest BCUT2D eigenvalue weighted by Gasteiger charge is -2.14. The third-order valence-corrected chi connectivity index (χ3v) is 2.31. The molecule has 0 radical (unpaired) electrons. The maximum Gasteiger partial charge on any atom is 0.0897 e. The standard InChI is InChI=1S/C11H25NO3/c1-4-10(2)7-12-8-11(13)9-15-6-5-14-3/h10-13H,4-9H2,1-3H3. The minimum atomic E-state index is -0.425. The molecule has 0 aromatic rings. The van der Waals surface area contributed by atoms with Crippen molar-refractivity contribution >= 4 is 0 Å². The Labute approximate surface area is 93.0 Å². The van der Waals surface area contributed by atoms with Gasteiger partial charge in [-0.15, -0.1) is 0 Å². The molecule has 2 unspecified atom stereocenters. The van der Waals surface area contributed by atoms with Crippen LogP contribution in [-0.2, 0) is 9.47 Å². The monoisotopic (exact) mass is 219 g/mol. The van der Waals surface area contributed by atoms with Gasteiger partial charge in [-0.1, -0.05) is 20.3 Å². The smallest absolute Gasteiger partial charge is 0.0897 e. The molecule has 4 heteroatoms. The number of nitrogens with one attached hydrogen (secondary N) is 1. The molecule has 0 saturated heterocycles. The second kappa shape index (κ2) is 10.4. The fraction of sp³-hybridized carbons (Fsp3) is 1.00. The summed E-state index contributed by atoms with van der Waals surface area (Å²) in [6.45, 7) is 7.39. The van der Waals surface area contributed by atoms with Gasteiger partial charge in [0, 0.05) is 13.7 Å². The largest absolute Gasteiger partial charge is 0.389 e. The van der Waals surface area contributed by atoms with Crippen molar-refractivity contribution in [3.8, 4) is 0 Å². The van der Waals surface area contributed by atoms with Gasteiger partial charge in [-0.05, 0) is 12.5 Å². The number of ether oxygens (including phenoxy) is 2. The van der Waals surface area contributed by atoms with Crippen molar-refractivity contribution in [2.45, 2.75) is 26.4 Å². The van der Waals surface area contributed by atoms with Gasteiger partial charge in [0.1, 0.15) is 0 Å². The Morgan fingerprint density at radius 1 is 1.27 bits per heavy atom. The van der Waals surface area contributed by atoms with Crippen molar-refractivity contribution < 1.29 is 14.6 Å². The van der Waals surface area contributed by atoms with Crippen molar-refractivity contribution in [3.63, 3.8) is 0 Å². The van der Waals surface area contributed by atoms with E-state index in [2.05, 4.69) is 19.2 Å². The van der Waals surface area contributed by atoms with Crippen LogP contribution < -0.4 is 5.32 Å². The van der Waals surface area contributed by atoms with Crippen LogP contribution in [0, 0.1) is 5.92 Å². The molecule has 0 heterocycles. The van der Waals surface area contributed by atoms with Gasteiger partial charge in [-0.2, -0.15) is 0 Å². The van der Waals surface area contributed by atoms with E-state index in [1.807, 2.05) is 0 Å². The fourth-order valence-corrected chi connectivity index (χ4v) is 1.06. The van der Waals surface area contributed by atoms with Crippen LogP contribution in [0.1, 0.15) is 20.3 Å². The molecule has 0 aliphatic carbocycles. The first kappa shape index (κ1) is 14.8. The van der Waals surface area contributed by atoms with Gasteiger partial charge in [0.05, 0.1) is 25.9 Å². The van der Waals surface area contributed by atoms with Crippen LogP contribution >= 0.6 is 0 Å². The Kier molecular flexibility index (Phi) is 10.3. The van der Waals surface area contributed by atoms with E-state index < -0.39 is 6.10 Å². The van der Waals surface area contributed by atoms with Gasteiger partial charge in [-0.25, -0.2) is 0 Å². The summed E-state index contributed by atoms with van der Waals surface area (Å²) in [6.07, 6.45) is 0.735. The molecular formula is C11H25NO3. The lowest BCUT2D eigenvalue weighted by Crippen LogP contribution is -2.33. The molecule has 0 rings (SSSR count). The first-order chi connectivity index (χ1) is 7.20. The normalized spacial score (nSPS) is 15.2. The van der Waals surface area contributed by atoms with E-state index in [1.54, 1.807) is 7.11 Å². The van der Waals surface area contributed by atoms with Crippen LogP contribution in [0.25, 0.3) is 0 Å². The van der Waals surface area contributed by atoms with Crippen LogP contribution in [0.5, 0.6) is 0 Å². The molecule has 2 atom stereocenters. The Balaban J connectivity index is 3.21. The predicted molar refractivity (Wildman–Crippen MR) is 61.0 cm³/mol. The summed E-state index contributed by atoms with van der Waals surface area (Å²) in [5, 5.41) is 12.7. The van der Waals surface area contributed by atoms with Gasteiger partial charge < -0.3 is 19.9 Å². The highest BCUT2D eigenvalue weighted by molar-refractivity contribution is 4.60. The topological polar surface area (TPSA) is 50.7 Å². The summed E-state index contributed by atoms with van der Waals surface area (Å²) in [5.41, 5.74) is 0. The lowest BCUT2D eigenvalue weighted by atomic mass is 10.1. The molecule has 0 fully saturated rings. The predicted octanol–water partition coefficient (Wildman–Crippen LogP) is 0.646. The third-order valence-electron chi connectivity index (χ3n) is 2.31. The van der Waals surface area contributed by atoms with Crippen molar-refractivity contribution in [2.24, 2.45) is 5.92 Å². The molecule has 0 aliphatic rings. The number of aliphatic hydroxyl groups is 1. The van der Waals surface area contributed by atoms with E-state index >= 15 is 0 Å². The number of aliphatic hydroxyl groups excluding tert-OH is 1. The number of hydrogen-bond donors (Lipinski definition) is 2. The Hall–Kier alpha value is -0.160. The highest BCUT2D eigenvalue weighted by Gasteiger charge is 2.04. The lowest BCUT2D eigenvalue weighted by molar-refractivity contribution is 0.0136. The Morgan fingerprint density at radius 2 is 2.00 bits per heavy atom. The molecule has 0 aliphatic heterocycles. The summed E-state index contributed by atoms with van der Waals surface area (Å²) in [7, 11) is 1.63. The van der Waals surface area contributed by atoms with Crippen molar-refractivity contribution in [3.05, 3.63) is 0 Å². The fourth-order valence-electron chi connectivity index (χ4n) is 1.06. The summed E-state index contributed by atoms with van der Waals surface area (Å²) in [5.74, 6) is 0.659. The summed E-state index contributed by atoms with van der Waals surface area (Å²) < 4.78 is 10.0. The number of rotatable bonds is 10. The van der Waals surface area contributed by atoms with E-state index in [0.29, 0.717) is 32.3 Å². The highest BCUT2D eigenvalue weighted by atomic mass is 16.5. The van der Waals surface area contributed by atoms with Gasteiger partial charge >= 0.3 is 0 Å². The van der Waals surface area contributed by atoms with Crippen molar-refractivity contribution in [2.75, 3.05) is 40.0 Å². The Morgan fingerprint density at radius 3 is 2.60 bits per heavy atom. The summed E-state index contributed by atoms with van der Waals surface area (Å²) >= 11 is 0. The van der Waals surface area contributed by atoms with Gasteiger partial charge in [0.15, 0.2) is 0 Å². The zero-order valence-corrected chi connectivity index (χ0v) is 10.2. The molecule has 0 saturated carbocycles. The van der Waals surface area contributed by atoms with Gasteiger partial charge in [-0.3, -0.25) is 0 Å². The quantitative estimate of drug-likeness (QED) is 0.530. The second-order valence-electron chi connectivity index (χ2n) is 3.89. The molecule has 0 aromatic heterocycles. The third kappa shape index (κ3) is 10.1. The van der Waals surface area contributed by atoms with Crippen LogP contribution in [-0.4, -0.2) is 51.2 Å². The van der Waals surface area contributed by atoms with E-state index in [1.165, 1.54) is 0 Å². The summed E-state index contributed by atoms with van der Waals surface area (Å²) in [4.78, 5) is 0. The maximum absolute atomic E-state index is 9.51. The number of hydrogen-bond acceptors (Lipinski definition) is 4. The van der Waals surface area contributed by atoms with Crippen LogP contribution in [0.15, 0.2) is 0 Å². The molecule has 4 nitrogen and oxygen atoms in total. The zero-order chi connectivity index (χ0) is 11.5. The molecule has 92 valence electrons. The molecule has 2 N–H and O–H groups in total. The average molecular weight is 219 g/mol. The van der Waals surface area contributed by atoms with Crippen LogP contribution in [0.4, 0.5) is 0 Å². The van der Waals surface area contributed by atoms with Crippen LogP contribution in [0.3, 0.4) is 0 Å². The second-order valence-corrected chi connectivity index (χ2v) is 3.89. The van der Waals surface area contributed by atoms with E-state index in [0.717, 1.165) is 13.0 Å². The van der Waals surface area contributed by atoms with Gasteiger partial charge in [0.2, 0.25) is 0 Å². The number of methoxy groups -OCH3 is 1. The molecule has 0 bridgehead atoms. The molecular weight excluding hydrogens is 194 g/mol. The minimum Gasteiger partial charge on any atom is -0.389 e. The Bertz CT molecular complexity index is 133. The highest BCUT2D eigenvalue weighted by Crippen LogP contribution is 1.97. The zero-order valence-electron chi connectivity index (χ0n) is 10.2. The summed E-state index contributed by atoms with van der Waals surface area (Å²) in [6, 6.07) is 0. The molecule has 0 spiro atoms. The SMILES string of the molecule is CCC(C)CNCC(O)COCCOC. The first-order valence-electron chi connectivity index (χ1n) is 5.66. The van der Waals surface area contributed by atoms with E-state index in [4.69, 9.17) is 9.47 Å². The minimum absolute atomic E-state index is 0.372. The van der Waals surface area contributed by atoms with E-state index in [-0.39, 0.29) is 0 Å².